The first-order valence-corrected chi connectivity index (χ1v) is 6.10. The molecule has 0 N–H and O–H groups in total. The van der Waals surface area contributed by atoms with Crippen molar-refractivity contribution in [2.75, 3.05) is 27.2 Å². The van der Waals surface area contributed by atoms with Gasteiger partial charge >= 0.3 is 0 Å². The number of likely N-dealkylation sites (N-methyl/N-ethyl adjacent to an activating group) is 1. The molecule has 17 heavy (non-hydrogen) atoms. The normalized spacial score (nSPS) is 20.0. The maximum Gasteiger partial charge on any atom is 0.253 e. The maximum atomic E-state index is 12.3. The molecular weight excluding hydrogens is 212 g/mol. The summed E-state index contributed by atoms with van der Waals surface area (Å²) in [7, 11) is 4.15. The first-order valence-electron chi connectivity index (χ1n) is 6.10. The minimum absolute atomic E-state index is 0.165. The van der Waals surface area contributed by atoms with Gasteiger partial charge in [0.15, 0.2) is 0 Å². The van der Waals surface area contributed by atoms with E-state index < -0.39 is 0 Å². The Bertz CT molecular complexity index is 414. The number of likely N-dealkylation sites (tertiary alicyclic amines) is 1. The molecule has 0 aliphatic carbocycles. The minimum Gasteiger partial charge on any atom is -0.337 e. The van der Waals surface area contributed by atoms with Crippen LogP contribution in [0.2, 0.25) is 0 Å². The lowest BCUT2D eigenvalue weighted by atomic mass is 10.1. The van der Waals surface area contributed by atoms with Gasteiger partial charge in [0.05, 0.1) is 0 Å². The van der Waals surface area contributed by atoms with Crippen LogP contribution >= 0.6 is 0 Å². The van der Waals surface area contributed by atoms with Crippen LogP contribution in [0.1, 0.15) is 22.3 Å². The number of rotatable bonds is 2. The van der Waals surface area contributed by atoms with Crippen molar-refractivity contribution in [3.8, 4) is 0 Å². The van der Waals surface area contributed by atoms with E-state index in [0.29, 0.717) is 6.04 Å². The van der Waals surface area contributed by atoms with Crippen molar-refractivity contribution in [3.05, 3.63) is 35.4 Å². The fourth-order valence-corrected chi connectivity index (χ4v) is 2.31. The van der Waals surface area contributed by atoms with Gasteiger partial charge in [-0.3, -0.25) is 4.79 Å². The zero-order chi connectivity index (χ0) is 12.4. The number of hydrogen-bond donors (Lipinski definition) is 0. The van der Waals surface area contributed by atoms with Crippen LogP contribution in [-0.2, 0) is 0 Å². The average molecular weight is 232 g/mol. The van der Waals surface area contributed by atoms with E-state index in [1.165, 1.54) is 0 Å². The number of benzene rings is 1. The molecule has 0 radical (unpaired) electrons. The molecule has 1 fully saturated rings. The molecule has 92 valence electrons. The Morgan fingerprint density at radius 2 is 2.18 bits per heavy atom. The molecule has 0 spiro atoms. The summed E-state index contributed by atoms with van der Waals surface area (Å²) in [5.74, 6) is 0.165. The Kier molecular flexibility index (Phi) is 3.48. The number of nitrogens with zero attached hydrogens (tertiary/aromatic N) is 2. The Morgan fingerprint density at radius 3 is 2.76 bits per heavy atom. The molecule has 1 unspecified atom stereocenters. The van der Waals surface area contributed by atoms with Crippen LogP contribution in [0.25, 0.3) is 0 Å². The summed E-state index contributed by atoms with van der Waals surface area (Å²) >= 11 is 0. The van der Waals surface area contributed by atoms with Crippen LogP contribution in [0.3, 0.4) is 0 Å². The first kappa shape index (κ1) is 12.1. The SMILES string of the molecule is Cc1cccc(C(=O)N2CCC(N(C)C)C2)c1. The summed E-state index contributed by atoms with van der Waals surface area (Å²) in [6.07, 6.45) is 1.07. The minimum atomic E-state index is 0.165. The van der Waals surface area contributed by atoms with E-state index in [1.54, 1.807) is 0 Å². The Morgan fingerprint density at radius 1 is 1.41 bits per heavy atom. The lowest BCUT2D eigenvalue weighted by Gasteiger charge is -2.20. The third kappa shape index (κ3) is 2.67. The molecule has 2 rings (SSSR count). The van der Waals surface area contributed by atoms with Gasteiger partial charge < -0.3 is 9.80 Å². The van der Waals surface area contributed by atoms with Crippen LogP contribution in [0.4, 0.5) is 0 Å². The van der Waals surface area contributed by atoms with Crippen LogP contribution in [0.15, 0.2) is 24.3 Å². The fourth-order valence-electron chi connectivity index (χ4n) is 2.31. The summed E-state index contributed by atoms with van der Waals surface area (Å²) in [6, 6.07) is 8.33. The number of carbonyl (C=O) groups excluding carboxylic acids is 1. The van der Waals surface area contributed by atoms with E-state index in [0.717, 1.165) is 30.6 Å². The van der Waals surface area contributed by atoms with Crippen LogP contribution in [-0.4, -0.2) is 48.9 Å². The average Bonchev–Trinajstić information content (AvgIpc) is 2.77. The fraction of sp³-hybridized carbons (Fsp3) is 0.500. The van der Waals surface area contributed by atoms with Gasteiger partial charge in [0, 0.05) is 24.7 Å². The molecule has 0 saturated carbocycles. The largest absolute Gasteiger partial charge is 0.337 e. The first-order chi connectivity index (χ1) is 8.08. The second-order valence-corrected chi connectivity index (χ2v) is 5.03. The Labute approximate surface area is 103 Å². The molecule has 1 saturated heterocycles. The smallest absolute Gasteiger partial charge is 0.253 e. The van der Waals surface area contributed by atoms with Crippen LogP contribution in [0.5, 0.6) is 0 Å². The molecule has 0 bridgehead atoms. The van der Waals surface area contributed by atoms with Gasteiger partial charge in [-0.15, -0.1) is 0 Å². The molecule has 1 amide bonds. The predicted octanol–water partition coefficient (Wildman–Crippen LogP) is 1.77. The summed E-state index contributed by atoms with van der Waals surface area (Å²) in [6.45, 7) is 3.73. The number of aryl methyl sites for hydroxylation is 1. The van der Waals surface area contributed by atoms with Crippen LogP contribution < -0.4 is 0 Å². The lowest BCUT2D eigenvalue weighted by molar-refractivity contribution is 0.0783. The third-order valence-corrected chi connectivity index (χ3v) is 3.45. The maximum absolute atomic E-state index is 12.3. The predicted molar refractivity (Wildman–Crippen MR) is 69.2 cm³/mol. The standard InChI is InChI=1S/C14H20N2O/c1-11-5-4-6-12(9-11)14(17)16-8-7-13(10-16)15(2)3/h4-6,9,13H,7-8,10H2,1-3H3. The van der Waals surface area contributed by atoms with E-state index in [2.05, 4.69) is 19.0 Å². The molecule has 1 aliphatic heterocycles. The Hall–Kier alpha value is -1.35. The molecule has 1 aliphatic rings. The van der Waals surface area contributed by atoms with E-state index in [4.69, 9.17) is 0 Å². The van der Waals surface area contributed by atoms with Gasteiger partial charge in [-0.2, -0.15) is 0 Å². The highest BCUT2D eigenvalue weighted by Gasteiger charge is 2.27. The third-order valence-electron chi connectivity index (χ3n) is 3.45. The molecule has 1 aromatic rings. The van der Waals surface area contributed by atoms with E-state index >= 15 is 0 Å². The quantitative estimate of drug-likeness (QED) is 0.776. The van der Waals surface area contributed by atoms with E-state index in [1.807, 2.05) is 36.1 Å². The molecule has 0 aromatic heterocycles. The van der Waals surface area contributed by atoms with Crippen molar-refractivity contribution in [1.82, 2.24) is 9.80 Å². The highest BCUT2D eigenvalue weighted by Crippen LogP contribution is 2.16. The van der Waals surface area contributed by atoms with E-state index in [-0.39, 0.29) is 5.91 Å². The second-order valence-electron chi connectivity index (χ2n) is 5.03. The molecular formula is C14H20N2O. The van der Waals surface area contributed by atoms with Crippen molar-refractivity contribution in [2.24, 2.45) is 0 Å². The highest BCUT2D eigenvalue weighted by molar-refractivity contribution is 5.94. The lowest BCUT2D eigenvalue weighted by Crippen LogP contribution is -2.34. The monoisotopic (exact) mass is 232 g/mol. The zero-order valence-electron chi connectivity index (χ0n) is 10.8. The summed E-state index contributed by atoms with van der Waals surface area (Å²) < 4.78 is 0. The second kappa shape index (κ2) is 4.88. The van der Waals surface area contributed by atoms with Gasteiger partial charge in [0.1, 0.15) is 0 Å². The van der Waals surface area contributed by atoms with Gasteiger partial charge in [-0.1, -0.05) is 17.7 Å². The number of hydrogen-bond acceptors (Lipinski definition) is 2. The summed E-state index contributed by atoms with van der Waals surface area (Å²) in [4.78, 5) is 16.4. The van der Waals surface area contributed by atoms with Gasteiger partial charge in [-0.25, -0.2) is 0 Å². The van der Waals surface area contributed by atoms with E-state index in [9.17, 15) is 4.79 Å². The molecule has 1 atom stereocenters. The van der Waals surface area contributed by atoms with Crippen molar-refractivity contribution in [3.63, 3.8) is 0 Å². The molecule has 1 aromatic carbocycles. The number of amides is 1. The highest BCUT2D eigenvalue weighted by atomic mass is 16.2. The topological polar surface area (TPSA) is 23.6 Å². The van der Waals surface area contributed by atoms with Gasteiger partial charge in [-0.05, 0) is 39.6 Å². The zero-order valence-corrected chi connectivity index (χ0v) is 10.8. The van der Waals surface area contributed by atoms with Crippen molar-refractivity contribution >= 4 is 5.91 Å². The Balaban J connectivity index is 2.07. The van der Waals surface area contributed by atoms with Gasteiger partial charge in [0.25, 0.3) is 5.91 Å². The summed E-state index contributed by atoms with van der Waals surface area (Å²) in [5, 5.41) is 0. The molecule has 3 nitrogen and oxygen atoms in total. The molecule has 3 heteroatoms. The molecule has 1 heterocycles. The van der Waals surface area contributed by atoms with Crippen LogP contribution in [0, 0.1) is 6.92 Å². The van der Waals surface area contributed by atoms with Crippen molar-refractivity contribution in [1.29, 1.82) is 0 Å². The summed E-state index contributed by atoms with van der Waals surface area (Å²) in [5.41, 5.74) is 1.95. The van der Waals surface area contributed by atoms with Crippen molar-refractivity contribution < 1.29 is 4.79 Å². The van der Waals surface area contributed by atoms with Crippen molar-refractivity contribution in [2.45, 2.75) is 19.4 Å². The van der Waals surface area contributed by atoms with Gasteiger partial charge in [0.2, 0.25) is 0 Å². The number of carbonyl (C=O) groups is 1.